The fourth-order valence-electron chi connectivity index (χ4n) is 2.27. The lowest BCUT2D eigenvalue weighted by Crippen LogP contribution is -2.30. The molecule has 1 aliphatic carbocycles. The van der Waals surface area contributed by atoms with Crippen LogP contribution in [0.1, 0.15) is 52.9 Å². The van der Waals surface area contributed by atoms with E-state index in [2.05, 4.69) is 0 Å². The number of ether oxygens (including phenoxy) is 1. The van der Waals surface area contributed by atoms with Gasteiger partial charge >= 0.3 is 5.97 Å². The number of nitrogens with two attached hydrogens (primary N) is 1. The van der Waals surface area contributed by atoms with Crippen molar-refractivity contribution in [3.05, 3.63) is 0 Å². The molecule has 17 heavy (non-hydrogen) atoms. The van der Waals surface area contributed by atoms with Crippen LogP contribution in [0.3, 0.4) is 0 Å². The summed E-state index contributed by atoms with van der Waals surface area (Å²) in [6.07, 6.45) is 3.87. The van der Waals surface area contributed by atoms with Crippen molar-refractivity contribution in [1.29, 1.82) is 0 Å². The average molecular weight is 241 g/mol. The molecule has 0 aromatic heterocycles. The van der Waals surface area contributed by atoms with Crippen LogP contribution in [0.2, 0.25) is 0 Å². The fourth-order valence-corrected chi connectivity index (χ4v) is 2.27. The zero-order valence-electron chi connectivity index (χ0n) is 11.0. The monoisotopic (exact) mass is 241 g/mol. The second-order valence-electron chi connectivity index (χ2n) is 5.91. The number of esters is 1. The predicted octanol–water partition coefficient (Wildman–Crippen LogP) is 2.01. The van der Waals surface area contributed by atoms with Gasteiger partial charge in [0.1, 0.15) is 5.60 Å². The van der Waals surface area contributed by atoms with Gasteiger partial charge in [0.05, 0.1) is 0 Å². The number of carbonyl (C=O) groups is 2. The molecule has 4 nitrogen and oxygen atoms in total. The SMILES string of the molecule is CC(C)(C)OC(=O)CC1CCC(C(N)=O)CC1. The van der Waals surface area contributed by atoms with Crippen molar-refractivity contribution in [2.45, 2.75) is 58.5 Å². The molecular formula is C13H23NO3. The molecule has 98 valence electrons. The minimum absolute atomic E-state index is 0.00452. The van der Waals surface area contributed by atoms with E-state index in [-0.39, 0.29) is 17.8 Å². The second-order valence-corrected chi connectivity index (χ2v) is 5.91. The molecule has 0 bridgehead atoms. The van der Waals surface area contributed by atoms with E-state index in [1.807, 2.05) is 20.8 Å². The number of hydrogen-bond acceptors (Lipinski definition) is 3. The van der Waals surface area contributed by atoms with Crippen LogP contribution in [0, 0.1) is 11.8 Å². The van der Waals surface area contributed by atoms with Gasteiger partial charge in [0.2, 0.25) is 5.91 Å². The molecule has 1 rings (SSSR count). The Morgan fingerprint density at radius 2 is 1.71 bits per heavy atom. The Morgan fingerprint density at radius 3 is 2.12 bits per heavy atom. The number of hydrogen-bond donors (Lipinski definition) is 1. The van der Waals surface area contributed by atoms with Gasteiger partial charge in [-0.3, -0.25) is 9.59 Å². The Labute approximate surface area is 103 Å². The van der Waals surface area contributed by atoms with Crippen molar-refractivity contribution in [3.8, 4) is 0 Å². The molecule has 0 unspecified atom stereocenters. The Balaban J connectivity index is 2.31. The molecule has 1 aliphatic rings. The van der Waals surface area contributed by atoms with Crippen LogP contribution in [0.5, 0.6) is 0 Å². The lowest BCUT2D eigenvalue weighted by molar-refractivity contribution is -0.156. The molecule has 0 atom stereocenters. The van der Waals surface area contributed by atoms with Gasteiger partial charge in [-0.25, -0.2) is 0 Å². The van der Waals surface area contributed by atoms with E-state index >= 15 is 0 Å². The third-order valence-corrected chi connectivity index (χ3v) is 3.12. The van der Waals surface area contributed by atoms with Gasteiger partial charge in [-0.1, -0.05) is 0 Å². The van der Waals surface area contributed by atoms with E-state index in [0.29, 0.717) is 12.3 Å². The standard InChI is InChI=1S/C13H23NO3/c1-13(2,3)17-11(15)8-9-4-6-10(7-5-9)12(14)16/h9-10H,4-8H2,1-3H3,(H2,14,16). The van der Waals surface area contributed by atoms with Crippen molar-refractivity contribution < 1.29 is 14.3 Å². The highest BCUT2D eigenvalue weighted by Crippen LogP contribution is 2.31. The maximum Gasteiger partial charge on any atom is 0.306 e. The molecule has 1 fully saturated rings. The lowest BCUT2D eigenvalue weighted by atomic mass is 9.80. The van der Waals surface area contributed by atoms with Crippen molar-refractivity contribution in [1.82, 2.24) is 0 Å². The molecule has 1 saturated carbocycles. The highest BCUT2D eigenvalue weighted by molar-refractivity contribution is 5.76. The first-order chi connectivity index (χ1) is 7.78. The van der Waals surface area contributed by atoms with Gasteiger partial charge in [-0.05, 0) is 52.4 Å². The minimum atomic E-state index is -0.415. The highest BCUT2D eigenvalue weighted by atomic mass is 16.6. The zero-order chi connectivity index (χ0) is 13.1. The fraction of sp³-hybridized carbons (Fsp3) is 0.846. The van der Waals surface area contributed by atoms with Crippen LogP contribution in [-0.4, -0.2) is 17.5 Å². The summed E-state index contributed by atoms with van der Waals surface area (Å²) in [7, 11) is 0. The Morgan fingerprint density at radius 1 is 1.18 bits per heavy atom. The van der Waals surface area contributed by atoms with Gasteiger partial charge in [-0.2, -0.15) is 0 Å². The smallest absolute Gasteiger partial charge is 0.306 e. The lowest BCUT2D eigenvalue weighted by Gasteiger charge is -2.27. The number of rotatable bonds is 3. The number of amides is 1. The number of carbonyl (C=O) groups excluding carboxylic acids is 2. The van der Waals surface area contributed by atoms with E-state index < -0.39 is 5.60 Å². The highest BCUT2D eigenvalue weighted by Gasteiger charge is 2.27. The molecule has 0 aliphatic heterocycles. The van der Waals surface area contributed by atoms with E-state index in [1.54, 1.807) is 0 Å². The van der Waals surface area contributed by atoms with Crippen LogP contribution in [0.15, 0.2) is 0 Å². The predicted molar refractivity (Wildman–Crippen MR) is 65.1 cm³/mol. The first-order valence-corrected chi connectivity index (χ1v) is 6.29. The number of primary amides is 1. The zero-order valence-corrected chi connectivity index (χ0v) is 11.0. The molecule has 0 heterocycles. The van der Waals surface area contributed by atoms with Crippen molar-refractivity contribution >= 4 is 11.9 Å². The normalized spacial score (nSPS) is 25.4. The van der Waals surface area contributed by atoms with E-state index in [1.165, 1.54) is 0 Å². The summed E-state index contributed by atoms with van der Waals surface area (Å²) < 4.78 is 5.28. The van der Waals surface area contributed by atoms with Crippen molar-refractivity contribution in [2.24, 2.45) is 17.6 Å². The van der Waals surface area contributed by atoms with Gasteiger partial charge < -0.3 is 10.5 Å². The first kappa shape index (κ1) is 14.0. The third kappa shape index (κ3) is 5.20. The maximum atomic E-state index is 11.6. The Kier molecular flexibility index (Phi) is 4.54. The van der Waals surface area contributed by atoms with Gasteiger partial charge in [0.15, 0.2) is 0 Å². The van der Waals surface area contributed by atoms with Gasteiger partial charge in [-0.15, -0.1) is 0 Å². The topological polar surface area (TPSA) is 69.4 Å². The van der Waals surface area contributed by atoms with Crippen LogP contribution in [0.25, 0.3) is 0 Å². The average Bonchev–Trinajstić information content (AvgIpc) is 2.15. The summed E-state index contributed by atoms with van der Waals surface area (Å²) in [5.41, 5.74) is 4.85. The van der Waals surface area contributed by atoms with Gasteiger partial charge in [0, 0.05) is 12.3 Å². The second kappa shape index (κ2) is 5.52. The molecule has 4 heteroatoms. The third-order valence-electron chi connectivity index (χ3n) is 3.12. The first-order valence-electron chi connectivity index (χ1n) is 6.29. The van der Waals surface area contributed by atoms with Crippen LogP contribution < -0.4 is 5.73 Å². The largest absolute Gasteiger partial charge is 0.460 e. The Hall–Kier alpha value is -1.06. The quantitative estimate of drug-likeness (QED) is 0.768. The summed E-state index contributed by atoms with van der Waals surface area (Å²) in [6, 6.07) is 0. The van der Waals surface area contributed by atoms with Crippen LogP contribution in [0.4, 0.5) is 0 Å². The molecule has 0 spiro atoms. The summed E-state index contributed by atoms with van der Waals surface area (Å²) in [4.78, 5) is 22.6. The summed E-state index contributed by atoms with van der Waals surface area (Å²) in [6.45, 7) is 5.61. The van der Waals surface area contributed by atoms with E-state index in [4.69, 9.17) is 10.5 Å². The summed E-state index contributed by atoms with van der Waals surface area (Å²) in [5, 5.41) is 0. The molecule has 0 saturated heterocycles. The van der Waals surface area contributed by atoms with Crippen molar-refractivity contribution in [3.63, 3.8) is 0 Å². The molecular weight excluding hydrogens is 218 g/mol. The minimum Gasteiger partial charge on any atom is -0.460 e. The molecule has 0 aromatic rings. The van der Waals surface area contributed by atoms with Crippen LogP contribution >= 0.6 is 0 Å². The molecule has 0 aromatic carbocycles. The van der Waals surface area contributed by atoms with Crippen molar-refractivity contribution in [2.75, 3.05) is 0 Å². The Bertz CT molecular complexity index is 286. The van der Waals surface area contributed by atoms with Gasteiger partial charge in [0.25, 0.3) is 0 Å². The van der Waals surface area contributed by atoms with E-state index in [9.17, 15) is 9.59 Å². The molecule has 2 N–H and O–H groups in total. The molecule has 0 radical (unpaired) electrons. The van der Waals surface area contributed by atoms with E-state index in [0.717, 1.165) is 25.7 Å². The molecule has 1 amide bonds. The maximum absolute atomic E-state index is 11.6. The van der Waals surface area contributed by atoms with Crippen LogP contribution in [-0.2, 0) is 14.3 Å². The summed E-state index contributed by atoms with van der Waals surface area (Å²) >= 11 is 0. The summed E-state index contributed by atoms with van der Waals surface area (Å²) in [5.74, 6) is 0.00563.